The minimum atomic E-state index is -0.183. The van der Waals surface area contributed by atoms with E-state index in [1.807, 2.05) is 30.3 Å². The normalized spacial score (nSPS) is 11.0. The van der Waals surface area contributed by atoms with E-state index in [9.17, 15) is 4.79 Å². The molecule has 0 aliphatic heterocycles. The summed E-state index contributed by atoms with van der Waals surface area (Å²) >= 11 is 1.49. The Labute approximate surface area is 155 Å². The van der Waals surface area contributed by atoms with Crippen molar-refractivity contribution in [2.75, 3.05) is 0 Å². The Morgan fingerprint density at radius 2 is 2.04 bits per heavy atom. The number of nitrogens with one attached hydrogen (secondary N) is 1. The van der Waals surface area contributed by atoms with E-state index in [2.05, 4.69) is 45.0 Å². The lowest BCUT2D eigenvalue weighted by Crippen LogP contribution is -2.23. The number of benzene rings is 1. The summed E-state index contributed by atoms with van der Waals surface area (Å²) in [5, 5.41) is 6.71. The summed E-state index contributed by atoms with van der Waals surface area (Å²) in [6, 6.07) is 16.0. The molecule has 4 aromatic rings. The highest BCUT2D eigenvalue weighted by Crippen LogP contribution is 2.30. The van der Waals surface area contributed by atoms with Gasteiger partial charge in [-0.3, -0.25) is 9.78 Å². The Hall–Kier alpha value is -2.99. The SMILES string of the molecule is CCn1c(-c2nc(C(=O)NCc3ccccn3)cs2)cc2ccccc21. The first-order chi connectivity index (χ1) is 12.8. The van der Waals surface area contributed by atoms with E-state index in [1.165, 1.54) is 22.2 Å². The number of fused-ring (bicyclic) bond motifs is 1. The van der Waals surface area contributed by atoms with E-state index in [0.717, 1.165) is 22.9 Å². The Balaban J connectivity index is 1.57. The van der Waals surface area contributed by atoms with Crippen LogP contribution in [0.2, 0.25) is 0 Å². The molecule has 1 amide bonds. The van der Waals surface area contributed by atoms with Crippen molar-refractivity contribution < 1.29 is 4.79 Å². The minimum Gasteiger partial charge on any atom is -0.345 e. The van der Waals surface area contributed by atoms with Crippen molar-refractivity contribution in [2.24, 2.45) is 0 Å². The average Bonchev–Trinajstić information content (AvgIpc) is 3.31. The smallest absolute Gasteiger partial charge is 0.271 e. The molecular weight excluding hydrogens is 344 g/mol. The molecule has 6 heteroatoms. The number of aryl methyl sites for hydroxylation is 1. The Morgan fingerprint density at radius 3 is 2.85 bits per heavy atom. The predicted molar refractivity (Wildman–Crippen MR) is 104 cm³/mol. The van der Waals surface area contributed by atoms with Gasteiger partial charge in [-0.25, -0.2) is 4.98 Å². The maximum absolute atomic E-state index is 12.4. The monoisotopic (exact) mass is 362 g/mol. The van der Waals surface area contributed by atoms with Gasteiger partial charge in [-0.15, -0.1) is 11.3 Å². The van der Waals surface area contributed by atoms with E-state index >= 15 is 0 Å². The number of amides is 1. The zero-order chi connectivity index (χ0) is 17.9. The zero-order valence-electron chi connectivity index (χ0n) is 14.3. The summed E-state index contributed by atoms with van der Waals surface area (Å²) in [5.74, 6) is -0.183. The van der Waals surface area contributed by atoms with Gasteiger partial charge in [0, 0.05) is 29.0 Å². The van der Waals surface area contributed by atoms with Crippen molar-refractivity contribution in [2.45, 2.75) is 20.0 Å². The fourth-order valence-corrected chi connectivity index (χ4v) is 3.81. The number of nitrogens with zero attached hydrogens (tertiary/aromatic N) is 3. The van der Waals surface area contributed by atoms with Crippen molar-refractivity contribution in [3.63, 3.8) is 0 Å². The fraction of sp³-hybridized carbons (Fsp3) is 0.150. The highest BCUT2D eigenvalue weighted by molar-refractivity contribution is 7.13. The molecule has 1 aromatic carbocycles. The maximum Gasteiger partial charge on any atom is 0.271 e. The molecule has 130 valence electrons. The third-order valence-corrected chi connectivity index (χ3v) is 5.10. The molecule has 4 rings (SSSR count). The van der Waals surface area contributed by atoms with Crippen LogP contribution in [0.15, 0.2) is 60.1 Å². The van der Waals surface area contributed by atoms with E-state index in [0.29, 0.717) is 12.2 Å². The summed E-state index contributed by atoms with van der Waals surface area (Å²) in [6.45, 7) is 3.36. The van der Waals surface area contributed by atoms with E-state index in [4.69, 9.17) is 0 Å². The van der Waals surface area contributed by atoms with Crippen LogP contribution in [-0.4, -0.2) is 20.4 Å². The molecule has 0 radical (unpaired) electrons. The number of pyridine rings is 1. The lowest BCUT2D eigenvalue weighted by Gasteiger charge is -2.05. The fourth-order valence-electron chi connectivity index (χ4n) is 2.99. The summed E-state index contributed by atoms with van der Waals surface area (Å²) in [5.41, 5.74) is 3.49. The van der Waals surface area contributed by atoms with Crippen LogP contribution in [0, 0.1) is 0 Å². The molecule has 3 aromatic heterocycles. The van der Waals surface area contributed by atoms with Crippen LogP contribution in [0.4, 0.5) is 0 Å². The molecule has 0 aliphatic carbocycles. The highest BCUT2D eigenvalue weighted by atomic mass is 32.1. The van der Waals surface area contributed by atoms with Gasteiger partial charge < -0.3 is 9.88 Å². The van der Waals surface area contributed by atoms with Gasteiger partial charge in [0.05, 0.1) is 17.9 Å². The van der Waals surface area contributed by atoms with Gasteiger partial charge in [-0.1, -0.05) is 24.3 Å². The molecule has 0 bridgehead atoms. The van der Waals surface area contributed by atoms with Crippen LogP contribution in [-0.2, 0) is 13.1 Å². The van der Waals surface area contributed by atoms with Crippen molar-refractivity contribution >= 4 is 28.1 Å². The summed E-state index contributed by atoms with van der Waals surface area (Å²) in [4.78, 5) is 21.2. The van der Waals surface area contributed by atoms with Crippen molar-refractivity contribution in [3.05, 3.63) is 71.5 Å². The van der Waals surface area contributed by atoms with E-state index < -0.39 is 0 Å². The van der Waals surface area contributed by atoms with Crippen LogP contribution >= 0.6 is 11.3 Å². The predicted octanol–water partition coefficient (Wildman–Crippen LogP) is 4.11. The van der Waals surface area contributed by atoms with Crippen molar-refractivity contribution in [1.29, 1.82) is 0 Å². The van der Waals surface area contributed by atoms with Crippen molar-refractivity contribution in [1.82, 2.24) is 19.9 Å². The van der Waals surface area contributed by atoms with Crippen molar-refractivity contribution in [3.8, 4) is 10.7 Å². The van der Waals surface area contributed by atoms with Gasteiger partial charge in [0.25, 0.3) is 5.91 Å². The Kier molecular flexibility index (Phi) is 4.50. The summed E-state index contributed by atoms with van der Waals surface area (Å²) in [6.07, 6.45) is 1.71. The Morgan fingerprint density at radius 1 is 1.19 bits per heavy atom. The standard InChI is InChI=1S/C20H18N4OS/c1-2-24-17-9-4-3-7-14(17)11-18(24)20-23-16(13-26-20)19(25)22-12-15-8-5-6-10-21-15/h3-11,13H,2,12H2,1H3,(H,22,25). The molecule has 0 saturated heterocycles. The first-order valence-electron chi connectivity index (χ1n) is 8.48. The molecule has 0 saturated carbocycles. The van der Waals surface area contributed by atoms with Gasteiger partial charge in [0.15, 0.2) is 0 Å². The number of hydrogen-bond donors (Lipinski definition) is 1. The van der Waals surface area contributed by atoms with Gasteiger partial charge in [-0.2, -0.15) is 0 Å². The molecule has 3 heterocycles. The number of rotatable bonds is 5. The van der Waals surface area contributed by atoms with Gasteiger partial charge in [-0.05, 0) is 31.2 Å². The molecule has 0 fully saturated rings. The quantitative estimate of drug-likeness (QED) is 0.581. The molecule has 1 N–H and O–H groups in total. The summed E-state index contributed by atoms with van der Waals surface area (Å²) < 4.78 is 2.23. The largest absolute Gasteiger partial charge is 0.345 e. The first kappa shape index (κ1) is 16.5. The van der Waals surface area contributed by atoms with Crippen LogP contribution in [0.3, 0.4) is 0 Å². The second-order valence-corrected chi connectivity index (χ2v) is 6.73. The molecule has 26 heavy (non-hydrogen) atoms. The third-order valence-electron chi connectivity index (χ3n) is 4.24. The maximum atomic E-state index is 12.4. The molecule has 0 spiro atoms. The minimum absolute atomic E-state index is 0.183. The van der Waals surface area contributed by atoms with Gasteiger partial charge >= 0.3 is 0 Å². The summed E-state index contributed by atoms with van der Waals surface area (Å²) in [7, 11) is 0. The second-order valence-electron chi connectivity index (χ2n) is 5.87. The highest BCUT2D eigenvalue weighted by Gasteiger charge is 2.16. The van der Waals surface area contributed by atoms with Crippen LogP contribution in [0.5, 0.6) is 0 Å². The molecule has 0 unspecified atom stereocenters. The third kappa shape index (κ3) is 3.11. The number of carbonyl (C=O) groups excluding carboxylic acids is 1. The molecular formula is C20H18N4OS. The number of para-hydroxylation sites is 1. The van der Waals surface area contributed by atoms with E-state index in [1.54, 1.807) is 11.6 Å². The Bertz CT molecular complexity index is 1050. The molecule has 5 nitrogen and oxygen atoms in total. The molecule has 0 atom stereocenters. The second kappa shape index (κ2) is 7.09. The van der Waals surface area contributed by atoms with Gasteiger partial charge in [0.1, 0.15) is 10.7 Å². The van der Waals surface area contributed by atoms with Crippen LogP contribution < -0.4 is 5.32 Å². The van der Waals surface area contributed by atoms with Crippen LogP contribution in [0.25, 0.3) is 21.6 Å². The van der Waals surface area contributed by atoms with E-state index in [-0.39, 0.29) is 5.91 Å². The lowest BCUT2D eigenvalue weighted by molar-refractivity contribution is 0.0946. The number of aromatic nitrogens is 3. The zero-order valence-corrected chi connectivity index (χ0v) is 15.2. The first-order valence-corrected chi connectivity index (χ1v) is 9.36. The van der Waals surface area contributed by atoms with Gasteiger partial charge in [0.2, 0.25) is 0 Å². The molecule has 0 aliphatic rings. The number of carbonyl (C=O) groups is 1. The number of thiazole rings is 1. The van der Waals surface area contributed by atoms with Crippen LogP contribution in [0.1, 0.15) is 23.1 Å². The average molecular weight is 362 g/mol. The lowest BCUT2D eigenvalue weighted by atomic mass is 10.2. The topological polar surface area (TPSA) is 59.8 Å². The number of hydrogen-bond acceptors (Lipinski definition) is 4.